The van der Waals surface area contributed by atoms with Crippen LogP contribution >= 0.6 is 0 Å². The molecule has 0 aliphatic heterocycles. The number of allylic oxidation sites excluding steroid dienone is 1. The van der Waals surface area contributed by atoms with E-state index in [0.29, 0.717) is 16.9 Å². The van der Waals surface area contributed by atoms with E-state index in [1.165, 1.54) is 70.6 Å². The van der Waals surface area contributed by atoms with E-state index in [1.807, 2.05) is 0 Å². The van der Waals surface area contributed by atoms with Gasteiger partial charge in [-0.1, -0.05) is 70.8 Å². The monoisotopic (exact) mass is 498 g/mol. The molecule has 3 heteroatoms. The summed E-state index contributed by atoms with van der Waals surface area (Å²) in [5.74, 6) is 3.73. The van der Waals surface area contributed by atoms with Crippen molar-refractivity contribution in [1.82, 2.24) is 0 Å². The van der Waals surface area contributed by atoms with Gasteiger partial charge in [-0.25, -0.2) is 0 Å². The quantitative estimate of drug-likeness (QED) is 0.216. The summed E-state index contributed by atoms with van der Waals surface area (Å²) in [6.07, 6.45) is 21.1. The second-order valence-electron chi connectivity index (χ2n) is 13.9. The molecule has 0 spiro atoms. The first kappa shape index (κ1) is 27.9. The summed E-state index contributed by atoms with van der Waals surface area (Å²) in [5, 5.41) is 8.90. The standard InChI is InChI=1S/C33H54O3/c1-23(2)9-6-7-11-25-13-15-29-28-14-12-26-22-27(36-20-8-10-24(3)21-31(34)35)16-18-33(26,5)30(28)17-19-32(25,29)4/h12,23,25,27-30H,3,6-11,13-22H2,1-2,4-5H3,(H,34,35)/t25-,27-,28?,29?,30?,32+,33-/m0/s1. The third-order valence-electron chi connectivity index (χ3n) is 11.3. The van der Waals surface area contributed by atoms with E-state index in [2.05, 4.69) is 40.3 Å². The molecule has 0 aromatic heterocycles. The number of carbonyl (C=O) groups is 1. The van der Waals surface area contributed by atoms with Crippen LogP contribution in [-0.4, -0.2) is 23.8 Å². The minimum Gasteiger partial charge on any atom is -0.481 e. The molecule has 0 radical (unpaired) electrons. The van der Waals surface area contributed by atoms with E-state index in [-0.39, 0.29) is 6.42 Å². The average molecular weight is 499 g/mol. The Bertz CT molecular complexity index is 812. The third-order valence-corrected chi connectivity index (χ3v) is 11.3. The van der Waals surface area contributed by atoms with Gasteiger partial charge in [0.25, 0.3) is 0 Å². The summed E-state index contributed by atoms with van der Waals surface area (Å²) >= 11 is 0. The predicted molar refractivity (Wildman–Crippen MR) is 149 cm³/mol. The number of carboxylic acid groups (broad SMARTS) is 1. The van der Waals surface area contributed by atoms with Crippen molar-refractivity contribution in [2.75, 3.05) is 6.61 Å². The van der Waals surface area contributed by atoms with Crippen molar-refractivity contribution in [3.05, 3.63) is 23.8 Å². The molecule has 4 aliphatic rings. The second kappa shape index (κ2) is 11.7. The van der Waals surface area contributed by atoms with Gasteiger partial charge in [-0.3, -0.25) is 4.79 Å². The highest BCUT2D eigenvalue weighted by atomic mass is 16.5. The van der Waals surface area contributed by atoms with E-state index in [1.54, 1.807) is 5.57 Å². The molecule has 3 fully saturated rings. The molecule has 0 aromatic rings. The summed E-state index contributed by atoms with van der Waals surface area (Å²) in [4.78, 5) is 10.8. The lowest BCUT2D eigenvalue weighted by molar-refractivity contribution is -0.136. The maximum absolute atomic E-state index is 10.8. The fourth-order valence-electron chi connectivity index (χ4n) is 9.17. The van der Waals surface area contributed by atoms with Gasteiger partial charge in [0, 0.05) is 6.61 Å². The topological polar surface area (TPSA) is 46.5 Å². The largest absolute Gasteiger partial charge is 0.481 e. The van der Waals surface area contributed by atoms with Gasteiger partial charge in [0.1, 0.15) is 0 Å². The first-order valence-corrected chi connectivity index (χ1v) is 15.3. The normalized spacial score (nSPS) is 37.7. The van der Waals surface area contributed by atoms with Crippen LogP contribution in [0.5, 0.6) is 0 Å². The Morgan fingerprint density at radius 2 is 1.92 bits per heavy atom. The van der Waals surface area contributed by atoms with Crippen LogP contribution < -0.4 is 0 Å². The molecule has 4 rings (SSSR count). The van der Waals surface area contributed by atoms with E-state index >= 15 is 0 Å². The van der Waals surface area contributed by atoms with Crippen LogP contribution in [-0.2, 0) is 9.53 Å². The molecule has 0 aromatic carbocycles. The van der Waals surface area contributed by atoms with Crippen LogP contribution in [0, 0.1) is 40.4 Å². The lowest BCUT2D eigenvalue weighted by Crippen LogP contribution is -2.50. The molecule has 0 amide bonds. The van der Waals surface area contributed by atoms with Gasteiger partial charge in [-0.2, -0.15) is 0 Å². The first-order chi connectivity index (χ1) is 17.1. The second-order valence-corrected chi connectivity index (χ2v) is 13.9. The van der Waals surface area contributed by atoms with Crippen molar-refractivity contribution in [2.24, 2.45) is 40.4 Å². The van der Waals surface area contributed by atoms with Gasteiger partial charge in [0.2, 0.25) is 0 Å². The summed E-state index contributed by atoms with van der Waals surface area (Å²) in [5.41, 5.74) is 3.47. The molecule has 3 unspecified atom stereocenters. The Kier molecular flexibility index (Phi) is 9.12. The molecule has 36 heavy (non-hydrogen) atoms. The van der Waals surface area contributed by atoms with E-state index in [9.17, 15) is 4.79 Å². The van der Waals surface area contributed by atoms with Crippen molar-refractivity contribution in [1.29, 1.82) is 0 Å². The van der Waals surface area contributed by atoms with Gasteiger partial charge >= 0.3 is 5.97 Å². The Morgan fingerprint density at radius 1 is 1.11 bits per heavy atom. The minimum absolute atomic E-state index is 0.0795. The number of ether oxygens (including phenoxy) is 1. The molecule has 7 atom stereocenters. The number of hydrogen-bond donors (Lipinski definition) is 1. The summed E-state index contributed by atoms with van der Waals surface area (Å²) in [6, 6.07) is 0. The van der Waals surface area contributed by atoms with Crippen molar-refractivity contribution in [3.8, 4) is 0 Å². The number of unbranched alkanes of at least 4 members (excludes halogenated alkanes) is 1. The number of fused-ring (bicyclic) bond motifs is 5. The molecule has 0 saturated heterocycles. The Balaban J connectivity index is 1.30. The number of aliphatic carboxylic acids is 1. The van der Waals surface area contributed by atoms with Gasteiger partial charge < -0.3 is 9.84 Å². The molecule has 4 aliphatic carbocycles. The van der Waals surface area contributed by atoms with E-state index in [4.69, 9.17) is 9.84 Å². The zero-order valence-corrected chi connectivity index (χ0v) is 23.8. The Labute approximate surface area is 221 Å². The van der Waals surface area contributed by atoms with Crippen LogP contribution in [0.1, 0.15) is 124 Å². The maximum Gasteiger partial charge on any atom is 0.307 e. The van der Waals surface area contributed by atoms with Gasteiger partial charge in [-0.05, 0) is 111 Å². The fraction of sp³-hybridized carbons (Fsp3) is 0.848. The predicted octanol–water partition coefficient (Wildman–Crippen LogP) is 8.98. The van der Waals surface area contributed by atoms with Crippen molar-refractivity contribution in [2.45, 2.75) is 130 Å². The van der Waals surface area contributed by atoms with E-state index in [0.717, 1.165) is 61.0 Å². The van der Waals surface area contributed by atoms with Crippen molar-refractivity contribution >= 4 is 5.97 Å². The smallest absolute Gasteiger partial charge is 0.307 e. The molecular formula is C33H54O3. The molecule has 3 saturated carbocycles. The molecule has 3 nitrogen and oxygen atoms in total. The maximum atomic E-state index is 10.8. The Morgan fingerprint density at radius 3 is 2.67 bits per heavy atom. The van der Waals surface area contributed by atoms with Crippen molar-refractivity contribution < 1.29 is 14.6 Å². The lowest BCUT2D eigenvalue weighted by Gasteiger charge is -2.58. The molecule has 0 heterocycles. The van der Waals surface area contributed by atoms with Gasteiger partial charge in [0.15, 0.2) is 0 Å². The zero-order chi connectivity index (χ0) is 25.9. The average Bonchev–Trinajstić information content (AvgIpc) is 3.15. The minimum atomic E-state index is -0.784. The highest BCUT2D eigenvalue weighted by Crippen LogP contribution is 2.66. The van der Waals surface area contributed by atoms with E-state index < -0.39 is 5.97 Å². The highest BCUT2D eigenvalue weighted by Gasteiger charge is 2.58. The highest BCUT2D eigenvalue weighted by molar-refractivity contribution is 5.69. The van der Waals surface area contributed by atoms with Crippen LogP contribution in [0.15, 0.2) is 23.8 Å². The summed E-state index contributed by atoms with van der Waals surface area (Å²) in [6.45, 7) is 14.6. The van der Waals surface area contributed by atoms with Crippen LogP contribution in [0.4, 0.5) is 0 Å². The summed E-state index contributed by atoms with van der Waals surface area (Å²) in [7, 11) is 0. The van der Waals surface area contributed by atoms with Crippen LogP contribution in [0.2, 0.25) is 0 Å². The van der Waals surface area contributed by atoms with Gasteiger partial charge in [0.05, 0.1) is 12.5 Å². The first-order valence-electron chi connectivity index (χ1n) is 15.3. The molecule has 1 N–H and O–H groups in total. The molecule has 0 bridgehead atoms. The van der Waals surface area contributed by atoms with Gasteiger partial charge in [-0.15, -0.1) is 0 Å². The summed E-state index contributed by atoms with van der Waals surface area (Å²) < 4.78 is 6.30. The number of carboxylic acids is 1. The molecule has 204 valence electrons. The fourth-order valence-corrected chi connectivity index (χ4v) is 9.17. The van der Waals surface area contributed by atoms with Crippen molar-refractivity contribution in [3.63, 3.8) is 0 Å². The van der Waals surface area contributed by atoms with Crippen LogP contribution in [0.25, 0.3) is 0 Å². The third kappa shape index (κ3) is 5.97. The number of hydrogen-bond acceptors (Lipinski definition) is 2. The zero-order valence-electron chi connectivity index (χ0n) is 23.8. The Hall–Kier alpha value is -1.09. The number of rotatable bonds is 12. The molecular weight excluding hydrogens is 444 g/mol. The lowest BCUT2D eigenvalue weighted by atomic mass is 9.47. The SMILES string of the molecule is C=C(CCCO[C@H]1CC[C@@]2(C)C(=CCC3C2CC[C@@]2(C)C3CC[C@@H]2CCCCC(C)C)C1)CC(=O)O. The van der Waals surface area contributed by atoms with Crippen LogP contribution in [0.3, 0.4) is 0 Å².